The Balaban J connectivity index is 1.30. The van der Waals surface area contributed by atoms with E-state index in [-0.39, 0.29) is 23.8 Å². The summed E-state index contributed by atoms with van der Waals surface area (Å²) in [6.07, 6.45) is 4.59. The summed E-state index contributed by atoms with van der Waals surface area (Å²) < 4.78 is 5.13. The van der Waals surface area contributed by atoms with Gasteiger partial charge in [0.05, 0.1) is 31.1 Å². The van der Waals surface area contributed by atoms with Crippen LogP contribution in [0.5, 0.6) is 5.75 Å². The van der Waals surface area contributed by atoms with Crippen LogP contribution in [0.4, 0.5) is 0 Å². The zero-order valence-corrected chi connectivity index (χ0v) is 17.5. The van der Waals surface area contributed by atoms with Crippen LogP contribution in [0.3, 0.4) is 0 Å². The van der Waals surface area contributed by atoms with Crippen molar-refractivity contribution in [3.8, 4) is 5.75 Å². The topological polar surface area (TPSA) is 99.4 Å². The van der Waals surface area contributed by atoms with Crippen molar-refractivity contribution < 1.29 is 14.3 Å². The number of nitrogens with one attached hydrogen (secondary N) is 3. The molecule has 2 aliphatic rings. The molecule has 3 heterocycles. The second-order valence-corrected chi connectivity index (χ2v) is 8.13. The van der Waals surface area contributed by atoms with Gasteiger partial charge < -0.3 is 25.3 Å². The summed E-state index contributed by atoms with van der Waals surface area (Å²) in [4.78, 5) is 34.9. The third-order valence-electron chi connectivity index (χ3n) is 6.21. The van der Waals surface area contributed by atoms with Gasteiger partial charge in [-0.25, -0.2) is 4.98 Å². The Labute approximate surface area is 176 Å². The number of H-pyrrole nitrogens is 1. The molecule has 2 aliphatic heterocycles. The molecule has 0 saturated carbocycles. The van der Waals surface area contributed by atoms with E-state index >= 15 is 0 Å². The molecule has 0 aliphatic carbocycles. The van der Waals surface area contributed by atoms with Gasteiger partial charge in [0.25, 0.3) is 0 Å². The summed E-state index contributed by atoms with van der Waals surface area (Å²) in [5.41, 5.74) is 3.03. The van der Waals surface area contributed by atoms with Gasteiger partial charge in [-0.1, -0.05) is 12.1 Å². The van der Waals surface area contributed by atoms with E-state index in [1.807, 2.05) is 29.2 Å². The number of piperidine rings is 1. The van der Waals surface area contributed by atoms with E-state index in [4.69, 9.17) is 4.74 Å². The zero-order chi connectivity index (χ0) is 21.1. The number of aromatic amines is 1. The Morgan fingerprint density at radius 1 is 1.27 bits per heavy atom. The molecular weight excluding hydrogens is 382 g/mol. The number of likely N-dealkylation sites (tertiary alicyclic amines) is 1. The van der Waals surface area contributed by atoms with Crippen molar-refractivity contribution in [3.63, 3.8) is 0 Å². The number of nitrogens with zero attached hydrogens (tertiary/aromatic N) is 2. The molecule has 2 aromatic rings. The Morgan fingerprint density at radius 3 is 2.70 bits per heavy atom. The lowest BCUT2D eigenvalue weighted by Crippen LogP contribution is -2.57. The monoisotopic (exact) mass is 411 g/mol. The predicted molar refractivity (Wildman–Crippen MR) is 112 cm³/mol. The minimum absolute atomic E-state index is 0.0361. The number of ether oxygens (including phenoxy) is 1. The molecule has 4 rings (SSSR count). The fourth-order valence-electron chi connectivity index (χ4n) is 4.51. The number of methoxy groups -OCH3 is 1. The number of rotatable bonds is 5. The quantitative estimate of drug-likeness (QED) is 0.685. The molecule has 0 radical (unpaired) electrons. The molecule has 2 amide bonds. The lowest BCUT2D eigenvalue weighted by atomic mass is 9.80. The highest BCUT2D eigenvalue weighted by atomic mass is 16.5. The highest BCUT2D eigenvalue weighted by Gasteiger charge is 2.42. The first-order valence-corrected chi connectivity index (χ1v) is 10.5. The van der Waals surface area contributed by atoms with Crippen LogP contribution in [0, 0.1) is 0 Å². The molecule has 1 aromatic carbocycles. The van der Waals surface area contributed by atoms with Crippen molar-refractivity contribution in [3.05, 3.63) is 47.5 Å². The maximum Gasteiger partial charge on any atom is 0.244 e. The third-order valence-corrected chi connectivity index (χ3v) is 6.21. The number of hydrogen-bond acceptors (Lipinski definition) is 5. The highest BCUT2D eigenvalue weighted by molar-refractivity contribution is 5.88. The number of carbonyl (C=O) groups excluding carboxylic acids is 2. The van der Waals surface area contributed by atoms with Crippen LogP contribution in [-0.4, -0.2) is 59.5 Å². The number of hydrogen-bond donors (Lipinski definition) is 3. The van der Waals surface area contributed by atoms with Gasteiger partial charge in [0, 0.05) is 31.7 Å². The minimum Gasteiger partial charge on any atom is -0.497 e. The van der Waals surface area contributed by atoms with Crippen LogP contribution < -0.4 is 15.4 Å². The fourth-order valence-corrected chi connectivity index (χ4v) is 4.51. The molecule has 0 unspecified atom stereocenters. The Hall–Kier alpha value is -2.87. The summed E-state index contributed by atoms with van der Waals surface area (Å²) in [5, 5.41) is 6.48. The van der Waals surface area contributed by atoms with Crippen LogP contribution in [-0.2, 0) is 28.0 Å². The summed E-state index contributed by atoms with van der Waals surface area (Å²) in [7, 11) is 1.61. The molecule has 1 atom stereocenters. The van der Waals surface area contributed by atoms with E-state index in [9.17, 15) is 9.59 Å². The molecule has 0 bridgehead atoms. The van der Waals surface area contributed by atoms with Crippen LogP contribution in [0.15, 0.2) is 30.6 Å². The normalized spacial score (nSPS) is 18.5. The first-order valence-electron chi connectivity index (χ1n) is 10.5. The maximum atomic E-state index is 12.9. The molecule has 1 fully saturated rings. The molecule has 3 N–H and O–H groups in total. The van der Waals surface area contributed by atoms with E-state index in [0.29, 0.717) is 13.1 Å². The van der Waals surface area contributed by atoms with Gasteiger partial charge in [-0.15, -0.1) is 0 Å². The second kappa shape index (κ2) is 8.47. The summed E-state index contributed by atoms with van der Waals surface area (Å²) in [6.45, 7) is 3.97. The summed E-state index contributed by atoms with van der Waals surface area (Å²) in [5.74, 6) is 0.551. The smallest absolute Gasteiger partial charge is 0.244 e. The number of amides is 2. The zero-order valence-electron chi connectivity index (χ0n) is 17.5. The molecule has 1 aromatic heterocycles. The van der Waals surface area contributed by atoms with Crippen LogP contribution in [0.25, 0.3) is 0 Å². The van der Waals surface area contributed by atoms with E-state index in [2.05, 4.69) is 20.6 Å². The summed E-state index contributed by atoms with van der Waals surface area (Å²) >= 11 is 0. The fraction of sp³-hybridized carbons (Fsp3) is 0.500. The Bertz CT molecular complexity index is 900. The lowest BCUT2D eigenvalue weighted by molar-refractivity contribution is -0.137. The van der Waals surface area contributed by atoms with E-state index in [1.165, 1.54) is 5.69 Å². The molecule has 1 saturated heterocycles. The predicted octanol–water partition coefficient (Wildman–Crippen LogP) is 1.13. The first-order chi connectivity index (χ1) is 14.5. The van der Waals surface area contributed by atoms with Crippen molar-refractivity contribution in [2.24, 2.45) is 0 Å². The van der Waals surface area contributed by atoms with E-state index in [0.717, 1.165) is 42.8 Å². The van der Waals surface area contributed by atoms with Crippen molar-refractivity contribution >= 4 is 11.8 Å². The van der Waals surface area contributed by atoms with Gasteiger partial charge in [-0.2, -0.15) is 0 Å². The SMILES string of the molecule is COc1ccc(CC(=O)N[C@H](C)C(=O)N2CCC3(CC2)NCCc2[nH]cnc23)cc1. The average molecular weight is 412 g/mol. The van der Waals surface area contributed by atoms with Gasteiger partial charge in [-0.3, -0.25) is 9.59 Å². The lowest BCUT2D eigenvalue weighted by Gasteiger charge is -2.44. The Kier molecular flexibility index (Phi) is 5.76. The highest BCUT2D eigenvalue weighted by Crippen LogP contribution is 2.35. The Morgan fingerprint density at radius 2 is 2.00 bits per heavy atom. The van der Waals surface area contributed by atoms with Crippen molar-refractivity contribution in [1.82, 2.24) is 25.5 Å². The number of imidazole rings is 1. The van der Waals surface area contributed by atoms with Gasteiger partial charge in [0.2, 0.25) is 11.8 Å². The van der Waals surface area contributed by atoms with Crippen molar-refractivity contribution in [2.75, 3.05) is 26.7 Å². The van der Waals surface area contributed by atoms with E-state index in [1.54, 1.807) is 20.4 Å². The number of aromatic nitrogens is 2. The first kappa shape index (κ1) is 20.4. The average Bonchev–Trinajstić information content (AvgIpc) is 3.25. The minimum atomic E-state index is -0.551. The van der Waals surface area contributed by atoms with Crippen LogP contribution in [0.2, 0.25) is 0 Å². The second-order valence-electron chi connectivity index (χ2n) is 8.13. The van der Waals surface area contributed by atoms with Gasteiger partial charge >= 0.3 is 0 Å². The maximum absolute atomic E-state index is 12.9. The molecule has 1 spiro atoms. The number of fused-ring (bicyclic) bond motifs is 2. The largest absolute Gasteiger partial charge is 0.497 e. The number of benzene rings is 1. The standard InChI is InChI=1S/C22H29N5O3/c1-15(26-19(28)13-16-3-5-17(30-2)6-4-16)21(29)27-11-8-22(9-12-27)20-18(7-10-25-22)23-14-24-20/h3-6,14-15,25H,7-13H2,1-2H3,(H,23,24)(H,26,28)/t15-/m1/s1. The molecular formula is C22H29N5O3. The molecule has 160 valence electrons. The third kappa shape index (κ3) is 4.05. The van der Waals surface area contributed by atoms with Gasteiger partial charge in [0.15, 0.2) is 0 Å². The van der Waals surface area contributed by atoms with Crippen molar-refractivity contribution in [2.45, 2.75) is 44.2 Å². The number of carbonyl (C=O) groups is 2. The van der Waals surface area contributed by atoms with Crippen LogP contribution in [0.1, 0.15) is 36.7 Å². The van der Waals surface area contributed by atoms with Gasteiger partial charge in [-0.05, 0) is 37.5 Å². The molecule has 8 nitrogen and oxygen atoms in total. The van der Waals surface area contributed by atoms with Crippen molar-refractivity contribution in [1.29, 1.82) is 0 Å². The molecule has 30 heavy (non-hydrogen) atoms. The summed E-state index contributed by atoms with van der Waals surface area (Å²) in [6, 6.07) is 6.81. The molecule has 8 heteroatoms. The van der Waals surface area contributed by atoms with E-state index < -0.39 is 6.04 Å². The van der Waals surface area contributed by atoms with Gasteiger partial charge in [0.1, 0.15) is 11.8 Å². The van der Waals surface area contributed by atoms with Crippen LogP contribution >= 0.6 is 0 Å².